The van der Waals surface area contributed by atoms with Crippen LogP contribution in [0.5, 0.6) is 5.75 Å². The molecule has 1 radical (unpaired) electrons. The first-order valence-electron chi connectivity index (χ1n) is 14.1. The Balaban J connectivity index is 0.000000133. The second-order valence-corrected chi connectivity index (χ2v) is 11.5. The van der Waals surface area contributed by atoms with Crippen molar-refractivity contribution in [1.82, 2.24) is 29.9 Å². The third-order valence-corrected chi connectivity index (χ3v) is 8.46. The minimum Gasteiger partial charge on any atom is -0.536 e. The van der Waals surface area contributed by atoms with Crippen LogP contribution >= 0.6 is 11.6 Å². The molecule has 4 atom stereocenters. The van der Waals surface area contributed by atoms with Gasteiger partial charge in [-0.2, -0.15) is 0 Å². The van der Waals surface area contributed by atoms with Crippen molar-refractivity contribution >= 4 is 42.6 Å². The second-order valence-electron chi connectivity index (χ2n) is 11.2. The van der Waals surface area contributed by atoms with Gasteiger partial charge in [0.05, 0.1) is 60.3 Å². The van der Waals surface area contributed by atoms with Crippen LogP contribution in [0.25, 0.3) is 11.3 Å². The van der Waals surface area contributed by atoms with Crippen LogP contribution in [0.1, 0.15) is 0 Å². The predicted molar refractivity (Wildman–Crippen MR) is 162 cm³/mol. The molecule has 4 fully saturated rings. The molecule has 0 aromatic carbocycles. The van der Waals surface area contributed by atoms with Crippen molar-refractivity contribution < 1.29 is 27.2 Å². The summed E-state index contributed by atoms with van der Waals surface area (Å²) in [5.74, 6) is -4.47. The maximum atomic E-state index is 13.2. The van der Waals surface area contributed by atoms with E-state index < -0.39 is 35.5 Å². The Morgan fingerprint density at radius 3 is 1.67 bits per heavy atom. The number of halogens is 5. The number of aromatic nitrogens is 6. The summed E-state index contributed by atoms with van der Waals surface area (Å²) in [4.78, 5) is 27.7. The van der Waals surface area contributed by atoms with Crippen molar-refractivity contribution in [2.24, 2.45) is 23.7 Å². The SMILES string of the molecule is Nc1cncc(-c2ccc(N3CC4C(C3)C4(F)F)nc2)n1.Nc1cncc(Cl)n1.O[B]Oc1ccc(N2CC3C(C2)C3(F)F)nc1. The van der Waals surface area contributed by atoms with Gasteiger partial charge in [0.2, 0.25) is 0 Å². The average molecular weight is 658 g/mol. The monoisotopic (exact) mass is 657 g/mol. The first kappa shape index (κ1) is 31.5. The standard InChI is InChI=1S/C14H13F2N5.C10H10BF2N2O2.C4H4ClN3/c15-14(16)9-6-21(7-10(9)14)13-2-1-8(3-19-13)11-4-18-5-12(17)20-11;12-10(13)7-4-15(5-8(7)10)9-2-1-6(3-14-9)17-11-16;5-3-1-7-2-4(6)8-3/h1-5,9-10H,6-7H2,(H2,17,20);1-3,7-8,16H,4-5H2;1-2H,(H2,6,8). The van der Waals surface area contributed by atoms with Crippen LogP contribution in [0.3, 0.4) is 0 Å². The Kier molecular flexibility index (Phi) is 8.46. The molecule has 2 saturated carbocycles. The molecule has 0 spiro atoms. The van der Waals surface area contributed by atoms with Gasteiger partial charge in [-0.25, -0.2) is 37.5 Å². The highest BCUT2D eigenvalue weighted by atomic mass is 35.5. The van der Waals surface area contributed by atoms with Crippen molar-refractivity contribution in [3.8, 4) is 17.0 Å². The fraction of sp³-hybridized carbons (Fsp3) is 0.357. The molecule has 8 rings (SSSR count). The number of rotatable bonds is 5. The summed E-state index contributed by atoms with van der Waals surface area (Å²) in [7, 11) is 0.572. The molecule has 46 heavy (non-hydrogen) atoms. The molecule has 0 bridgehead atoms. The molecule has 2 aliphatic carbocycles. The number of piperidine rings is 2. The smallest absolute Gasteiger partial charge is 0.536 e. The molecular formula is C28H27BClF4N10O2. The van der Waals surface area contributed by atoms with Crippen molar-refractivity contribution in [2.75, 3.05) is 47.4 Å². The molecule has 6 heterocycles. The summed E-state index contributed by atoms with van der Waals surface area (Å²) < 4.78 is 57.1. The molecule has 5 N–H and O–H groups in total. The molecule has 18 heteroatoms. The van der Waals surface area contributed by atoms with E-state index in [1.165, 1.54) is 24.8 Å². The van der Waals surface area contributed by atoms with E-state index in [4.69, 9.17) is 32.7 Å². The van der Waals surface area contributed by atoms with E-state index in [1.54, 1.807) is 24.5 Å². The number of nitrogen functional groups attached to an aromatic ring is 2. The van der Waals surface area contributed by atoms with Crippen LogP contribution < -0.4 is 25.9 Å². The van der Waals surface area contributed by atoms with Gasteiger partial charge in [-0.15, -0.1) is 0 Å². The first-order chi connectivity index (χ1) is 22.0. The summed E-state index contributed by atoms with van der Waals surface area (Å²) in [6.45, 7) is 1.47. The quantitative estimate of drug-likeness (QED) is 0.212. The lowest BCUT2D eigenvalue weighted by Crippen LogP contribution is -2.27. The number of fused-ring (bicyclic) bond motifs is 2. The third kappa shape index (κ3) is 6.55. The van der Waals surface area contributed by atoms with Gasteiger partial charge < -0.3 is 30.9 Å². The van der Waals surface area contributed by atoms with Gasteiger partial charge in [0.1, 0.15) is 34.2 Å². The molecule has 2 aliphatic heterocycles. The molecule has 4 aromatic rings. The Labute approximate surface area is 266 Å². The fourth-order valence-electron chi connectivity index (χ4n) is 5.68. The van der Waals surface area contributed by atoms with Crippen LogP contribution in [0.15, 0.2) is 61.4 Å². The lowest BCUT2D eigenvalue weighted by molar-refractivity contribution is 0.0791. The molecule has 239 valence electrons. The highest BCUT2D eigenvalue weighted by molar-refractivity contribution is 6.29. The topological polar surface area (TPSA) is 165 Å². The average Bonchev–Trinajstić information content (AvgIpc) is 3.49. The van der Waals surface area contributed by atoms with Gasteiger partial charge in [-0.3, -0.25) is 9.97 Å². The maximum Gasteiger partial charge on any atom is 0.569 e. The molecule has 4 unspecified atom stereocenters. The number of pyridine rings is 2. The molecule has 12 nitrogen and oxygen atoms in total. The third-order valence-electron chi connectivity index (χ3n) is 8.28. The Morgan fingerprint density at radius 1 is 0.739 bits per heavy atom. The van der Waals surface area contributed by atoms with Crippen LogP contribution in [0, 0.1) is 23.7 Å². The number of nitrogens with two attached hydrogens (primary N) is 2. The molecule has 4 aliphatic rings. The second kappa shape index (κ2) is 12.4. The first-order valence-corrected chi connectivity index (χ1v) is 14.5. The van der Waals surface area contributed by atoms with Crippen LogP contribution in [-0.4, -0.2) is 80.6 Å². The number of alkyl halides is 4. The zero-order chi connectivity index (χ0) is 32.6. The predicted octanol–water partition coefficient (Wildman–Crippen LogP) is 3.22. The van der Waals surface area contributed by atoms with E-state index in [-0.39, 0.29) is 0 Å². The van der Waals surface area contributed by atoms with Crippen LogP contribution in [0.4, 0.5) is 40.8 Å². The van der Waals surface area contributed by atoms with E-state index >= 15 is 0 Å². The summed E-state index contributed by atoms with van der Waals surface area (Å²) in [6.07, 6.45) is 9.06. The Hall–Kier alpha value is -4.51. The minimum absolute atomic E-state index is 0.324. The molecule has 4 aromatic heterocycles. The van der Waals surface area contributed by atoms with E-state index in [9.17, 15) is 17.6 Å². The Bertz CT molecular complexity index is 1630. The zero-order valence-corrected chi connectivity index (χ0v) is 24.7. The van der Waals surface area contributed by atoms with Crippen molar-refractivity contribution in [3.63, 3.8) is 0 Å². The van der Waals surface area contributed by atoms with Gasteiger partial charge in [0.25, 0.3) is 11.8 Å². The maximum absolute atomic E-state index is 13.2. The van der Waals surface area contributed by atoms with Gasteiger partial charge in [-0.05, 0) is 24.3 Å². The highest BCUT2D eigenvalue weighted by Crippen LogP contribution is 2.60. The summed E-state index contributed by atoms with van der Waals surface area (Å²) in [6, 6.07) is 7.01. The Morgan fingerprint density at radius 2 is 1.26 bits per heavy atom. The minimum atomic E-state index is -2.47. The van der Waals surface area contributed by atoms with Gasteiger partial charge in [-0.1, -0.05) is 11.6 Å². The summed E-state index contributed by atoms with van der Waals surface area (Å²) >= 11 is 5.39. The van der Waals surface area contributed by atoms with E-state index in [2.05, 4.69) is 29.9 Å². The largest absolute Gasteiger partial charge is 0.569 e. The van der Waals surface area contributed by atoms with Crippen molar-refractivity contribution in [2.45, 2.75) is 11.8 Å². The van der Waals surface area contributed by atoms with Gasteiger partial charge in [0.15, 0.2) is 0 Å². The summed E-state index contributed by atoms with van der Waals surface area (Å²) in [5, 5.41) is 8.75. The lowest BCUT2D eigenvalue weighted by atomic mass is 10.2. The van der Waals surface area contributed by atoms with Crippen LogP contribution in [-0.2, 0) is 0 Å². The zero-order valence-electron chi connectivity index (χ0n) is 24.0. The molecule has 0 amide bonds. The number of anilines is 4. The lowest BCUT2D eigenvalue weighted by Gasteiger charge is -2.20. The molecular weight excluding hydrogens is 631 g/mol. The number of hydrogen-bond donors (Lipinski definition) is 3. The molecule has 2 saturated heterocycles. The number of nitrogens with zero attached hydrogens (tertiary/aromatic N) is 8. The van der Waals surface area contributed by atoms with E-state index in [0.29, 0.717) is 67.9 Å². The fourth-order valence-corrected chi connectivity index (χ4v) is 5.83. The van der Waals surface area contributed by atoms with Gasteiger partial charge >= 0.3 is 7.69 Å². The van der Waals surface area contributed by atoms with Crippen LogP contribution in [0.2, 0.25) is 5.15 Å². The summed E-state index contributed by atoms with van der Waals surface area (Å²) in [5.41, 5.74) is 12.2. The highest BCUT2D eigenvalue weighted by Gasteiger charge is 2.72. The van der Waals surface area contributed by atoms with E-state index in [0.717, 1.165) is 11.4 Å². The van der Waals surface area contributed by atoms with Crippen molar-refractivity contribution in [3.05, 3.63) is 66.6 Å². The van der Waals surface area contributed by atoms with Crippen molar-refractivity contribution in [1.29, 1.82) is 0 Å². The normalized spacial score (nSPS) is 24.0. The van der Waals surface area contributed by atoms with E-state index in [1.807, 2.05) is 21.9 Å². The number of hydrogen-bond acceptors (Lipinski definition) is 12. The van der Waals surface area contributed by atoms with Gasteiger partial charge in [0, 0.05) is 37.9 Å².